The molecule has 1 nitrogen and oxygen atoms in total. The van der Waals surface area contributed by atoms with E-state index in [9.17, 15) is 0 Å². The van der Waals surface area contributed by atoms with Crippen LogP contribution in [0.2, 0.25) is 0 Å². The van der Waals surface area contributed by atoms with Crippen LogP contribution in [-0.2, 0) is 5.41 Å². The van der Waals surface area contributed by atoms with Gasteiger partial charge in [0.15, 0.2) is 0 Å². The van der Waals surface area contributed by atoms with Crippen LogP contribution in [0, 0.1) is 6.92 Å². The van der Waals surface area contributed by atoms with Crippen molar-refractivity contribution in [2.24, 2.45) is 0 Å². The van der Waals surface area contributed by atoms with E-state index >= 15 is 0 Å². The van der Waals surface area contributed by atoms with E-state index in [1.54, 1.807) is 0 Å². The molecule has 0 fully saturated rings. The molecule has 1 aliphatic rings. The summed E-state index contributed by atoms with van der Waals surface area (Å²) in [5, 5.41) is 4.25. The standard InChI is InChI=1S/C52H43NSi/c1-37-20-19-32-49(51(37)45-29-15-18-33-50(45)54(40-23-9-5-10-24-40)41-25-11-6-12-26-41)53(48-31-17-14-27-42(48)38-21-7-4-8-22-38)39-34-35-44-43-28-13-16-30-46(43)52(2,3)47(44)36-39/h4-36,54H,1-3H3. The van der Waals surface area contributed by atoms with Gasteiger partial charge in [0.2, 0.25) is 0 Å². The van der Waals surface area contributed by atoms with E-state index < -0.39 is 8.80 Å². The minimum atomic E-state index is -1.88. The summed E-state index contributed by atoms with van der Waals surface area (Å²) in [7, 11) is -1.88. The molecule has 2 heteroatoms. The monoisotopic (exact) mass is 709 g/mol. The SMILES string of the molecule is Cc1cccc(N(c2ccc3c(c2)C(C)(C)c2ccccc2-3)c2ccccc2-c2ccccc2)c1-c1ccccc1[SiH](c1ccccc1)c1ccccc1. The van der Waals surface area contributed by atoms with Gasteiger partial charge in [-0.3, -0.25) is 0 Å². The molecule has 0 atom stereocenters. The van der Waals surface area contributed by atoms with Crippen molar-refractivity contribution in [2.45, 2.75) is 26.2 Å². The first-order valence-corrected chi connectivity index (χ1v) is 20.7. The van der Waals surface area contributed by atoms with Crippen molar-refractivity contribution >= 4 is 41.4 Å². The maximum absolute atomic E-state index is 2.53. The van der Waals surface area contributed by atoms with E-state index in [2.05, 4.69) is 226 Å². The van der Waals surface area contributed by atoms with Gasteiger partial charge in [-0.05, 0) is 75.3 Å². The van der Waals surface area contributed by atoms with E-state index in [-0.39, 0.29) is 5.41 Å². The highest BCUT2D eigenvalue weighted by Crippen LogP contribution is 2.52. The molecule has 54 heavy (non-hydrogen) atoms. The molecule has 0 saturated carbocycles. The van der Waals surface area contributed by atoms with E-state index in [0.29, 0.717) is 0 Å². The number of anilines is 3. The summed E-state index contributed by atoms with van der Waals surface area (Å²) < 4.78 is 0. The van der Waals surface area contributed by atoms with Crippen LogP contribution in [-0.4, -0.2) is 8.80 Å². The van der Waals surface area contributed by atoms with Crippen molar-refractivity contribution in [1.82, 2.24) is 0 Å². The minimum Gasteiger partial charge on any atom is -0.309 e. The molecule has 260 valence electrons. The Balaban J connectivity index is 1.32. The van der Waals surface area contributed by atoms with Crippen molar-refractivity contribution < 1.29 is 0 Å². The second-order valence-corrected chi connectivity index (χ2v) is 17.8. The molecule has 0 aliphatic heterocycles. The van der Waals surface area contributed by atoms with Crippen molar-refractivity contribution in [1.29, 1.82) is 0 Å². The molecular formula is C52H43NSi. The molecule has 0 heterocycles. The highest BCUT2D eigenvalue weighted by Gasteiger charge is 2.36. The Hall–Kier alpha value is -6.22. The largest absolute Gasteiger partial charge is 0.309 e. The van der Waals surface area contributed by atoms with Crippen molar-refractivity contribution in [3.63, 3.8) is 0 Å². The molecule has 8 aromatic carbocycles. The van der Waals surface area contributed by atoms with Crippen LogP contribution in [0.15, 0.2) is 200 Å². The van der Waals surface area contributed by atoms with Crippen LogP contribution < -0.4 is 20.5 Å². The fourth-order valence-corrected chi connectivity index (χ4v) is 12.0. The average molecular weight is 710 g/mol. The summed E-state index contributed by atoms with van der Waals surface area (Å²) in [6, 6.07) is 74.1. The molecule has 0 bridgehead atoms. The van der Waals surface area contributed by atoms with Gasteiger partial charge in [0.25, 0.3) is 0 Å². The first kappa shape index (κ1) is 33.6. The van der Waals surface area contributed by atoms with Gasteiger partial charge < -0.3 is 4.90 Å². The van der Waals surface area contributed by atoms with Crippen LogP contribution in [0.4, 0.5) is 17.1 Å². The number of benzene rings is 8. The van der Waals surface area contributed by atoms with E-state index in [4.69, 9.17) is 0 Å². The van der Waals surface area contributed by atoms with Crippen LogP contribution in [0.25, 0.3) is 33.4 Å². The third-order valence-electron chi connectivity index (χ3n) is 11.4. The molecule has 0 unspecified atom stereocenters. The average Bonchev–Trinajstić information content (AvgIpc) is 3.45. The Morgan fingerprint density at radius 1 is 0.426 bits per heavy atom. The predicted octanol–water partition coefficient (Wildman–Crippen LogP) is 11.4. The lowest BCUT2D eigenvalue weighted by Gasteiger charge is -2.32. The van der Waals surface area contributed by atoms with E-state index in [0.717, 1.165) is 11.4 Å². The summed E-state index contributed by atoms with van der Waals surface area (Å²) in [5.74, 6) is 0. The fraction of sp³-hybridized carbons (Fsp3) is 0.0769. The van der Waals surface area contributed by atoms with E-state index in [1.165, 1.54) is 71.3 Å². The molecule has 0 radical (unpaired) electrons. The zero-order valence-corrected chi connectivity index (χ0v) is 32.2. The fourth-order valence-electron chi connectivity index (χ4n) is 8.78. The number of rotatable bonds is 8. The first-order chi connectivity index (χ1) is 26.5. The number of para-hydroxylation sites is 1. The summed E-state index contributed by atoms with van der Waals surface area (Å²) in [6.07, 6.45) is 0. The lowest BCUT2D eigenvalue weighted by molar-refractivity contribution is 0.660. The summed E-state index contributed by atoms with van der Waals surface area (Å²) in [5.41, 5.74) is 15.0. The smallest absolute Gasteiger partial charge is 0.133 e. The van der Waals surface area contributed by atoms with Gasteiger partial charge in [-0.2, -0.15) is 0 Å². The Bertz CT molecular complexity index is 2550. The van der Waals surface area contributed by atoms with Gasteiger partial charge in [-0.25, -0.2) is 0 Å². The van der Waals surface area contributed by atoms with Gasteiger partial charge in [-0.15, -0.1) is 0 Å². The second-order valence-electron chi connectivity index (χ2n) is 14.9. The number of aryl methyl sites for hydroxylation is 1. The van der Waals surface area contributed by atoms with Gasteiger partial charge in [0.1, 0.15) is 8.80 Å². The highest BCUT2D eigenvalue weighted by atomic mass is 28.3. The maximum atomic E-state index is 2.53. The Morgan fingerprint density at radius 3 is 1.67 bits per heavy atom. The highest BCUT2D eigenvalue weighted by molar-refractivity contribution is 6.96. The lowest BCUT2D eigenvalue weighted by atomic mass is 9.82. The molecule has 8 aromatic rings. The number of hydrogen-bond donors (Lipinski definition) is 0. The topological polar surface area (TPSA) is 3.24 Å². The zero-order chi connectivity index (χ0) is 36.6. The normalized spacial score (nSPS) is 12.7. The minimum absolute atomic E-state index is 0.126. The van der Waals surface area contributed by atoms with Crippen molar-refractivity contribution in [3.05, 3.63) is 217 Å². The second kappa shape index (κ2) is 14.0. The van der Waals surface area contributed by atoms with Gasteiger partial charge >= 0.3 is 0 Å². The maximum Gasteiger partial charge on any atom is 0.133 e. The van der Waals surface area contributed by atoms with Gasteiger partial charge in [-0.1, -0.05) is 200 Å². The third kappa shape index (κ3) is 5.80. The van der Waals surface area contributed by atoms with Crippen LogP contribution in [0.5, 0.6) is 0 Å². The molecule has 0 aromatic heterocycles. The number of hydrogen-bond acceptors (Lipinski definition) is 1. The third-order valence-corrected chi connectivity index (χ3v) is 14.6. The molecular weight excluding hydrogens is 667 g/mol. The molecule has 0 amide bonds. The first-order valence-electron chi connectivity index (χ1n) is 19.0. The number of fused-ring (bicyclic) bond motifs is 3. The summed E-state index contributed by atoms with van der Waals surface area (Å²) in [6.45, 7) is 7.02. The van der Waals surface area contributed by atoms with E-state index in [1.807, 2.05) is 0 Å². The molecule has 1 aliphatic carbocycles. The van der Waals surface area contributed by atoms with Crippen molar-refractivity contribution in [3.8, 4) is 33.4 Å². The molecule has 9 rings (SSSR count). The molecule has 0 N–H and O–H groups in total. The van der Waals surface area contributed by atoms with Crippen molar-refractivity contribution in [2.75, 3.05) is 4.90 Å². The van der Waals surface area contributed by atoms with Gasteiger partial charge in [0, 0.05) is 22.2 Å². The lowest BCUT2D eigenvalue weighted by Crippen LogP contribution is -2.52. The Kier molecular flexibility index (Phi) is 8.69. The zero-order valence-electron chi connectivity index (χ0n) is 31.1. The quantitative estimate of drug-likeness (QED) is 0.112. The Morgan fingerprint density at radius 2 is 0.963 bits per heavy atom. The predicted molar refractivity (Wildman–Crippen MR) is 233 cm³/mol. The van der Waals surface area contributed by atoms with Crippen LogP contribution >= 0.6 is 0 Å². The molecule has 0 saturated heterocycles. The summed E-state index contributed by atoms with van der Waals surface area (Å²) >= 11 is 0. The summed E-state index contributed by atoms with van der Waals surface area (Å²) in [4.78, 5) is 2.53. The van der Waals surface area contributed by atoms with Gasteiger partial charge in [0.05, 0.1) is 11.4 Å². The Labute approximate surface area is 321 Å². The number of nitrogens with zero attached hydrogens (tertiary/aromatic N) is 1. The van der Waals surface area contributed by atoms with Crippen LogP contribution in [0.1, 0.15) is 30.5 Å². The molecule has 0 spiro atoms. The van der Waals surface area contributed by atoms with Crippen LogP contribution in [0.3, 0.4) is 0 Å².